The lowest BCUT2D eigenvalue weighted by Crippen LogP contribution is -2.47. The van der Waals surface area contributed by atoms with E-state index in [0.717, 1.165) is 21.4 Å². The second kappa shape index (κ2) is 10.7. The molecule has 0 radical (unpaired) electrons. The summed E-state index contributed by atoms with van der Waals surface area (Å²) >= 11 is 11.0. The van der Waals surface area contributed by atoms with Crippen LogP contribution < -0.4 is 5.32 Å². The van der Waals surface area contributed by atoms with Gasteiger partial charge in [0.15, 0.2) is 0 Å². The smallest absolute Gasteiger partial charge is 0.242 e. The molecule has 4 nitrogen and oxygen atoms in total. The first-order valence-electron chi connectivity index (χ1n) is 8.48. The van der Waals surface area contributed by atoms with Crippen LogP contribution in [0.3, 0.4) is 0 Å². The van der Waals surface area contributed by atoms with Gasteiger partial charge in [-0.2, -0.15) is 0 Å². The van der Waals surface area contributed by atoms with Gasteiger partial charge in [-0.15, -0.1) is 11.8 Å². The molecular weight excluding hydrogens is 448 g/mol. The highest BCUT2D eigenvalue weighted by atomic mass is 79.9. The summed E-state index contributed by atoms with van der Waals surface area (Å²) in [6.07, 6.45) is 0. The molecule has 27 heavy (non-hydrogen) atoms. The van der Waals surface area contributed by atoms with Crippen LogP contribution in [0.1, 0.15) is 18.1 Å². The van der Waals surface area contributed by atoms with Crippen LogP contribution in [0.25, 0.3) is 0 Å². The van der Waals surface area contributed by atoms with E-state index in [1.165, 1.54) is 11.8 Å². The minimum atomic E-state index is -0.560. The topological polar surface area (TPSA) is 49.4 Å². The van der Waals surface area contributed by atoms with Crippen LogP contribution in [0.5, 0.6) is 0 Å². The standard InChI is InChI=1S/C20H22BrClN2O2S/c1-14(20(26)23-2)24(11-16-4-3-5-18(22)10-16)19(25)13-27-12-15-6-8-17(21)9-7-15/h3-10,14H,11-13H2,1-2H3,(H,23,26)/t14-/m0/s1. The Kier molecular flexibility index (Phi) is 8.67. The number of amides is 2. The van der Waals surface area contributed by atoms with Gasteiger partial charge in [-0.3, -0.25) is 9.59 Å². The Morgan fingerprint density at radius 3 is 2.52 bits per heavy atom. The van der Waals surface area contributed by atoms with Crippen LogP contribution in [-0.2, 0) is 21.9 Å². The van der Waals surface area contributed by atoms with Gasteiger partial charge in [-0.1, -0.05) is 51.8 Å². The molecule has 1 atom stereocenters. The first-order valence-corrected chi connectivity index (χ1v) is 10.8. The van der Waals surface area contributed by atoms with Gasteiger partial charge >= 0.3 is 0 Å². The van der Waals surface area contributed by atoms with Gasteiger partial charge in [-0.25, -0.2) is 0 Å². The molecule has 0 aliphatic heterocycles. The molecule has 0 saturated heterocycles. The fourth-order valence-corrected chi connectivity index (χ4v) is 3.89. The van der Waals surface area contributed by atoms with E-state index in [9.17, 15) is 9.59 Å². The maximum atomic E-state index is 12.8. The molecule has 2 amide bonds. The van der Waals surface area contributed by atoms with Crippen molar-refractivity contribution in [2.75, 3.05) is 12.8 Å². The zero-order valence-electron chi connectivity index (χ0n) is 15.2. The first kappa shape index (κ1) is 21.8. The van der Waals surface area contributed by atoms with Crippen molar-refractivity contribution in [2.45, 2.75) is 25.3 Å². The fraction of sp³-hybridized carbons (Fsp3) is 0.300. The fourth-order valence-electron chi connectivity index (χ4n) is 2.54. The SMILES string of the molecule is CNC(=O)[C@H](C)N(Cc1cccc(Cl)c1)C(=O)CSCc1ccc(Br)cc1. The number of carbonyl (C=O) groups excluding carboxylic acids is 2. The molecule has 7 heteroatoms. The molecule has 0 bridgehead atoms. The van der Waals surface area contributed by atoms with Crippen LogP contribution in [0.2, 0.25) is 5.02 Å². The average Bonchev–Trinajstić information content (AvgIpc) is 2.66. The van der Waals surface area contributed by atoms with E-state index in [4.69, 9.17) is 11.6 Å². The van der Waals surface area contributed by atoms with E-state index in [2.05, 4.69) is 21.2 Å². The molecule has 0 aliphatic rings. The van der Waals surface area contributed by atoms with Crippen molar-refractivity contribution in [3.8, 4) is 0 Å². The largest absolute Gasteiger partial charge is 0.357 e. The Morgan fingerprint density at radius 2 is 1.89 bits per heavy atom. The van der Waals surface area contributed by atoms with Crippen molar-refractivity contribution < 1.29 is 9.59 Å². The maximum absolute atomic E-state index is 12.8. The van der Waals surface area contributed by atoms with Gasteiger partial charge in [0.1, 0.15) is 6.04 Å². The van der Waals surface area contributed by atoms with E-state index in [-0.39, 0.29) is 11.8 Å². The number of likely N-dealkylation sites (N-methyl/N-ethyl adjacent to an activating group) is 1. The third kappa shape index (κ3) is 6.87. The van der Waals surface area contributed by atoms with Crippen molar-refractivity contribution in [1.29, 1.82) is 0 Å². The number of nitrogens with zero attached hydrogens (tertiary/aromatic N) is 1. The van der Waals surface area contributed by atoms with Crippen LogP contribution >= 0.6 is 39.3 Å². The molecule has 0 unspecified atom stereocenters. The summed E-state index contributed by atoms with van der Waals surface area (Å²) in [5.74, 6) is 0.771. The molecule has 0 spiro atoms. The second-order valence-corrected chi connectivity index (χ2v) is 8.40. The molecule has 0 fully saturated rings. The number of hydrogen-bond acceptors (Lipinski definition) is 3. The molecule has 0 aromatic heterocycles. The van der Waals surface area contributed by atoms with Crippen molar-refractivity contribution in [3.05, 3.63) is 69.2 Å². The van der Waals surface area contributed by atoms with Crippen LogP contribution in [0, 0.1) is 0 Å². The molecular formula is C20H22BrClN2O2S. The number of thioether (sulfide) groups is 1. The van der Waals surface area contributed by atoms with E-state index < -0.39 is 6.04 Å². The highest BCUT2D eigenvalue weighted by Crippen LogP contribution is 2.19. The Balaban J connectivity index is 2.03. The molecule has 2 rings (SSSR count). The third-order valence-corrected chi connectivity index (χ3v) is 5.82. The molecule has 2 aromatic carbocycles. The molecule has 2 aromatic rings. The van der Waals surface area contributed by atoms with E-state index in [1.54, 1.807) is 24.9 Å². The number of nitrogens with one attached hydrogen (secondary N) is 1. The summed E-state index contributed by atoms with van der Waals surface area (Å²) in [5.41, 5.74) is 2.04. The summed E-state index contributed by atoms with van der Waals surface area (Å²) in [4.78, 5) is 26.5. The maximum Gasteiger partial charge on any atom is 0.242 e. The van der Waals surface area contributed by atoms with Gasteiger partial charge in [0.2, 0.25) is 11.8 Å². The van der Waals surface area contributed by atoms with Crippen LogP contribution in [0.4, 0.5) is 0 Å². The first-order chi connectivity index (χ1) is 12.9. The number of hydrogen-bond donors (Lipinski definition) is 1. The Bertz CT molecular complexity index is 786. The van der Waals surface area contributed by atoms with Gasteiger partial charge in [-0.05, 0) is 42.3 Å². The van der Waals surface area contributed by atoms with Crippen molar-refractivity contribution in [1.82, 2.24) is 10.2 Å². The summed E-state index contributed by atoms with van der Waals surface area (Å²) in [7, 11) is 1.57. The second-order valence-electron chi connectivity index (χ2n) is 6.06. The average molecular weight is 470 g/mol. The Morgan fingerprint density at radius 1 is 1.19 bits per heavy atom. The van der Waals surface area contributed by atoms with Gasteiger partial charge in [0.05, 0.1) is 5.75 Å². The van der Waals surface area contributed by atoms with Crippen molar-refractivity contribution >= 4 is 51.1 Å². The predicted molar refractivity (Wildman–Crippen MR) is 116 cm³/mol. The zero-order chi connectivity index (χ0) is 19.8. The third-order valence-electron chi connectivity index (χ3n) is 4.06. The Labute approximate surface area is 177 Å². The van der Waals surface area contributed by atoms with Gasteiger partial charge in [0, 0.05) is 28.8 Å². The van der Waals surface area contributed by atoms with Crippen molar-refractivity contribution in [3.63, 3.8) is 0 Å². The van der Waals surface area contributed by atoms with Crippen LogP contribution in [0.15, 0.2) is 53.0 Å². The number of rotatable bonds is 8. The minimum absolute atomic E-state index is 0.0758. The monoisotopic (exact) mass is 468 g/mol. The van der Waals surface area contributed by atoms with E-state index in [0.29, 0.717) is 17.3 Å². The summed E-state index contributed by atoms with van der Waals surface area (Å²) in [6, 6.07) is 14.8. The van der Waals surface area contributed by atoms with E-state index in [1.807, 2.05) is 42.5 Å². The lowest BCUT2D eigenvalue weighted by molar-refractivity contribution is -0.138. The molecule has 1 N–H and O–H groups in total. The van der Waals surface area contributed by atoms with E-state index >= 15 is 0 Å². The lowest BCUT2D eigenvalue weighted by Gasteiger charge is -2.28. The highest BCUT2D eigenvalue weighted by Gasteiger charge is 2.25. The Hall–Kier alpha value is -1.50. The quantitative estimate of drug-likeness (QED) is 0.619. The summed E-state index contributed by atoms with van der Waals surface area (Å²) < 4.78 is 1.03. The van der Waals surface area contributed by atoms with Crippen molar-refractivity contribution in [2.24, 2.45) is 0 Å². The molecule has 0 heterocycles. The molecule has 144 valence electrons. The summed E-state index contributed by atoms with van der Waals surface area (Å²) in [6.45, 7) is 2.08. The van der Waals surface area contributed by atoms with Gasteiger partial charge in [0.25, 0.3) is 0 Å². The lowest BCUT2D eigenvalue weighted by atomic mass is 10.1. The number of benzene rings is 2. The molecule has 0 saturated carbocycles. The normalized spacial score (nSPS) is 11.7. The predicted octanol–water partition coefficient (Wildman–Crippen LogP) is 4.50. The summed E-state index contributed by atoms with van der Waals surface area (Å²) in [5, 5.41) is 3.22. The zero-order valence-corrected chi connectivity index (χ0v) is 18.4. The van der Waals surface area contributed by atoms with Gasteiger partial charge < -0.3 is 10.2 Å². The molecule has 0 aliphatic carbocycles. The minimum Gasteiger partial charge on any atom is -0.357 e. The number of carbonyl (C=O) groups is 2. The number of halogens is 2. The highest BCUT2D eigenvalue weighted by molar-refractivity contribution is 9.10. The van der Waals surface area contributed by atoms with Crippen LogP contribution in [-0.4, -0.2) is 35.6 Å².